The van der Waals surface area contributed by atoms with E-state index in [2.05, 4.69) is 5.32 Å². The molecule has 0 bridgehead atoms. The Balaban J connectivity index is 1.92. The highest BCUT2D eigenvalue weighted by molar-refractivity contribution is 7.89. The van der Waals surface area contributed by atoms with Crippen LogP contribution >= 0.6 is 0 Å². The normalized spacial score (nSPS) is 17.2. The number of furan rings is 1. The van der Waals surface area contributed by atoms with Gasteiger partial charge in [0.2, 0.25) is 15.9 Å². The summed E-state index contributed by atoms with van der Waals surface area (Å²) in [5, 5.41) is 3.14. The van der Waals surface area contributed by atoms with E-state index in [1.165, 1.54) is 26.2 Å². The molecule has 3 rings (SSSR count). The summed E-state index contributed by atoms with van der Waals surface area (Å²) < 4.78 is 31.6. The van der Waals surface area contributed by atoms with E-state index in [-0.39, 0.29) is 22.9 Å². The lowest BCUT2D eigenvalue weighted by Crippen LogP contribution is -2.44. The standard InChI is InChI=1S/C20H26N4O5S/c1-23(2)30(27,28)18-9-16(8-17(10-18)22-11-14-5-7-29-13-14)20(26)24-6-3-4-15(12-24)19(21)25/h5,7-10,13,15,22H,3-4,6,11-12H2,1-2H3,(H2,21,25)/t15-/m0/s1. The second-order valence-corrected chi connectivity index (χ2v) is 9.66. The number of primary amides is 1. The number of hydrogen-bond acceptors (Lipinski definition) is 6. The molecule has 1 aliphatic rings. The lowest BCUT2D eigenvalue weighted by Gasteiger charge is -2.31. The van der Waals surface area contributed by atoms with Gasteiger partial charge in [0.25, 0.3) is 5.91 Å². The van der Waals surface area contributed by atoms with Crippen molar-refractivity contribution in [3.63, 3.8) is 0 Å². The summed E-state index contributed by atoms with van der Waals surface area (Å²) >= 11 is 0. The molecular formula is C20H26N4O5S. The molecular weight excluding hydrogens is 408 g/mol. The van der Waals surface area contributed by atoms with Crippen molar-refractivity contribution in [2.45, 2.75) is 24.3 Å². The van der Waals surface area contributed by atoms with Gasteiger partial charge in [-0.15, -0.1) is 0 Å². The first-order valence-corrected chi connectivity index (χ1v) is 11.0. The number of anilines is 1. The molecule has 30 heavy (non-hydrogen) atoms. The minimum absolute atomic E-state index is 0.0107. The number of piperidine rings is 1. The zero-order chi connectivity index (χ0) is 21.9. The number of amides is 2. The van der Waals surface area contributed by atoms with Gasteiger partial charge < -0.3 is 20.4 Å². The highest BCUT2D eigenvalue weighted by Gasteiger charge is 2.29. The van der Waals surface area contributed by atoms with Crippen molar-refractivity contribution < 1.29 is 22.4 Å². The molecule has 1 aromatic carbocycles. The second-order valence-electron chi connectivity index (χ2n) is 7.51. The molecule has 2 aromatic rings. The fraction of sp³-hybridized carbons (Fsp3) is 0.400. The predicted octanol–water partition coefficient (Wildman–Crippen LogP) is 1.48. The third-order valence-electron chi connectivity index (χ3n) is 5.12. The van der Waals surface area contributed by atoms with E-state index in [9.17, 15) is 18.0 Å². The van der Waals surface area contributed by atoms with Crippen LogP contribution in [-0.2, 0) is 21.4 Å². The number of hydrogen-bond donors (Lipinski definition) is 2. The lowest BCUT2D eigenvalue weighted by molar-refractivity contribution is -0.123. The van der Waals surface area contributed by atoms with E-state index in [4.69, 9.17) is 10.2 Å². The molecule has 1 saturated heterocycles. The number of carbonyl (C=O) groups excluding carboxylic acids is 2. The fourth-order valence-electron chi connectivity index (χ4n) is 3.36. The molecule has 1 aromatic heterocycles. The predicted molar refractivity (Wildman–Crippen MR) is 111 cm³/mol. The van der Waals surface area contributed by atoms with Crippen LogP contribution in [0.3, 0.4) is 0 Å². The molecule has 1 fully saturated rings. The van der Waals surface area contributed by atoms with Crippen molar-refractivity contribution in [2.75, 3.05) is 32.5 Å². The number of carbonyl (C=O) groups is 2. The van der Waals surface area contributed by atoms with Gasteiger partial charge in [0, 0.05) is 50.5 Å². The minimum Gasteiger partial charge on any atom is -0.472 e. The van der Waals surface area contributed by atoms with E-state index in [1.54, 1.807) is 29.6 Å². The number of nitrogens with zero attached hydrogens (tertiary/aromatic N) is 2. The summed E-state index contributed by atoms with van der Waals surface area (Å²) in [6.45, 7) is 1.13. The van der Waals surface area contributed by atoms with Crippen LogP contribution in [0.15, 0.2) is 46.1 Å². The average molecular weight is 435 g/mol. The first kappa shape index (κ1) is 21.8. The molecule has 10 heteroatoms. The van der Waals surface area contributed by atoms with Crippen LogP contribution in [-0.4, -0.2) is 56.6 Å². The Kier molecular flexibility index (Phi) is 6.47. The number of sulfonamides is 1. The smallest absolute Gasteiger partial charge is 0.253 e. The van der Waals surface area contributed by atoms with Crippen molar-refractivity contribution in [3.8, 4) is 0 Å². The van der Waals surface area contributed by atoms with Crippen LogP contribution in [0.2, 0.25) is 0 Å². The summed E-state index contributed by atoms with van der Waals surface area (Å²) in [7, 11) is -0.882. The lowest BCUT2D eigenvalue weighted by atomic mass is 9.97. The maximum atomic E-state index is 13.1. The number of benzene rings is 1. The SMILES string of the molecule is CN(C)S(=O)(=O)c1cc(NCc2ccoc2)cc(C(=O)N2CCC[C@H](C(N)=O)C2)c1. The topological polar surface area (TPSA) is 126 Å². The fourth-order valence-corrected chi connectivity index (χ4v) is 4.33. The summed E-state index contributed by atoms with van der Waals surface area (Å²) in [4.78, 5) is 26.2. The first-order chi connectivity index (χ1) is 14.2. The molecule has 162 valence electrons. The Labute approximate surface area is 175 Å². The molecule has 1 atom stereocenters. The number of likely N-dealkylation sites (tertiary alicyclic amines) is 1. The number of nitrogens with one attached hydrogen (secondary N) is 1. The third kappa shape index (κ3) is 4.82. The largest absolute Gasteiger partial charge is 0.472 e. The van der Waals surface area contributed by atoms with E-state index in [1.807, 2.05) is 0 Å². The van der Waals surface area contributed by atoms with Gasteiger partial charge >= 0.3 is 0 Å². The molecule has 2 amide bonds. The molecule has 0 radical (unpaired) electrons. The maximum Gasteiger partial charge on any atom is 0.253 e. The van der Waals surface area contributed by atoms with Crippen molar-refractivity contribution in [2.24, 2.45) is 11.7 Å². The summed E-state index contributed by atoms with van der Waals surface area (Å²) in [5.41, 5.74) is 7.02. The number of rotatable bonds is 7. The molecule has 0 unspecified atom stereocenters. The van der Waals surface area contributed by atoms with Gasteiger partial charge in [0.15, 0.2) is 0 Å². The highest BCUT2D eigenvalue weighted by Crippen LogP contribution is 2.25. The van der Waals surface area contributed by atoms with Crippen LogP contribution in [0.5, 0.6) is 0 Å². The van der Waals surface area contributed by atoms with E-state index >= 15 is 0 Å². The summed E-state index contributed by atoms with van der Waals surface area (Å²) in [6, 6.07) is 6.27. The Morgan fingerprint density at radius 1 is 1.30 bits per heavy atom. The Morgan fingerprint density at radius 3 is 2.70 bits per heavy atom. The first-order valence-electron chi connectivity index (χ1n) is 9.59. The second kappa shape index (κ2) is 8.88. The van der Waals surface area contributed by atoms with Crippen molar-refractivity contribution in [1.29, 1.82) is 0 Å². The number of nitrogens with two attached hydrogens (primary N) is 1. The van der Waals surface area contributed by atoms with Crippen molar-refractivity contribution >= 4 is 27.5 Å². The van der Waals surface area contributed by atoms with Crippen LogP contribution < -0.4 is 11.1 Å². The van der Waals surface area contributed by atoms with Crippen LogP contribution in [0.1, 0.15) is 28.8 Å². The van der Waals surface area contributed by atoms with Crippen LogP contribution in [0.4, 0.5) is 5.69 Å². The van der Waals surface area contributed by atoms with Gasteiger partial charge in [-0.05, 0) is 37.1 Å². The molecule has 9 nitrogen and oxygen atoms in total. The summed E-state index contributed by atoms with van der Waals surface area (Å²) in [6.07, 6.45) is 4.44. The van der Waals surface area contributed by atoms with Crippen LogP contribution in [0.25, 0.3) is 0 Å². The average Bonchev–Trinajstić information content (AvgIpc) is 3.25. The third-order valence-corrected chi connectivity index (χ3v) is 6.91. The maximum absolute atomic E-state index is 13.1. The van der Waals surface area contributed by atoms with Gasteiger partial charge in [0.05, 0.1) is 23.3 Å². The molecule has 1 aliphatic heterocycles. The van der Waals surface area contributed by atoms with E-state index in [0.29, 0.717) is 31.6 Å². The zero-order valence-electron chi connectivity index (χ0n) is 17.0. The monoisotopic (exact) mass is 434 g/mol. The van der Waals surface area contributed by atoms with E-state index in [0.717, 1.165) is 9.87 Å². The Bertz CT molecular complexity index is 1020. The van der Waals surface area contributed by atoms with Gasteiger partial charge in [-0.1, -0.05) is 0 Å². The Morgan fingerprint density at radius 2 is 2.07 bits per heavy atom. The van der Waals surface area contributed by atoms with Gasteiger partial charge in [0.1, 0.15) is 0 Å². The minimum atomic E-state index is -3.75. The molecule has 2 heterocycles. The molecule has 0 saturated carbocycles. The molecule has 0 aliphatic carbocycles. The summed E-state index contributed by atoms with van der Waals surface area (Å²) in [5.74, 6) is -1.16. The quantitative estimate of drug-likeness (QED) is 0.680. The van der Waals surface area contributed by atoms with Gasteiger partial charge in [-0.3, -0.25) is 9.59 Å². The zero-order valence-corrected chi connectivity index (χ0v) is 17.8. The highest BCUT2D eigenvalue weighted by atomic mass is 32.2. The molecule has 0 spiro atoms. The van der Waals surface area contributed by atoms with E-state index < -0.39 is 21.8 Å². The van der Waals surface area contributed by atoms with Gasteiger partial charge in [-0.25, -0.2) is 12.7 Å². The van der Waals surface area contributed by atoms with Gasteiger partial charge in [-0.2, -0.15) is 0 Å². The Hall–Kier alpha value is -2.85. The van der Waals surface area contributed by atoms with Crippen molar-refractivity contribution in [1.82, 2.24) is 9.21 Å². The molecule has 3 N–H and O–H groups in total. The van der Waals surface area contributed by atoms with Crippen LogP contribution in [0, 0.1) is 5.92 Å². The van der Waals surface area contributed by atoms with Crippen molar-refractivity contribution in [3.05, 3.63) is 47.9 Å².